The molecule has 0 saturated carbocycles. The van der Waals surface area contributed by atoms with Crippen molar-refractivity contribution in [3.05, 3.63) is 51.7 Å². The number of benzene rings is 1. The van der Waals surface area contributed by atoms with Crippen molar-refractivity contribution in [2.24, 2.45) is 5.73 Å². The zero-order valence-corrected chi connectivity index (χ0v) is 12.7. The molecule has 1 heterocycles. The third kappa shape index (κ3) is 3.17. The van der Waals surface area contributed by atoms with E-state index in [-0.39, 0.29) is 6.04 Å². The SMILES string of the molecule is CCc1ccc(C(CN)N(C)c2ccc(C)cc2)s1. The first-order valence-corrected chi connectivity index (χ1v) is 7.55. The molecule has 0 radical (unpaired) electrons. The minimum absolute atomic E-state index is 0.257. The Morgan fingerprint density at radius 3 is 2.37 bits per heavy atom. The molecule has 102 valence electrons. The smallest absolute Gasteiger partial charge is 0.0753 e. The Morgan fingerprint density at radius 2 is 1.84 bits per heavy atom. The highest BCUT2D eigenvalue weighted by Gasteiger charge is 2.17. The summed E-state index contributed by atoms with van der Waals surface area (Å²) in [5.41, 5.74) is 8.49. The van der Waals surface area contributed by atoms with Gasteiger partial charge in [-0.1, -0.05) is 24.6 Å². The molecule has 2 N–H and O–H groups in total. The molecule has 0 bridgehead atoms. The van der Waals surface area contributed by atoms with E-state index < -0.39 is 0 Å². The van der Waals surface area contributed by atoms with Crippen LogP contribution in [0.4, 0.5) is 5.69 Å². The summed E-state index contributed by atoms with van der Waals surface area (Å²) in [4.78, 5) is 5.04. The second-order valence-corrected chi connectivity index (χ2v) is 6.06. The molecule has 0 aliphatic heterocycles. The summed E-state index contributed by atoms with van der Waals surface area (Å²) in [5.74, 6) is 0. The largest absolute Gasteiger partial charge is 0.365 e. The molecule has 1 aromatic carbocycles. The molecule has 3 heteroatoms. The summed E-state index contributed by atoms with van der Waals surface area (Å²) < 4.78 is 0. The van der Waals surface area contributed by atoms with Crippen molar-refractivity contribution in [1.29, 1.82) is 0 Å². The van der Waals surface area contributed by atoms with Crippen LogP contribution < -0.4 is 10.6 Å². The normalized spacial score (nSPS) is 12.4. The maximum absolute atomic E-state index is 5.99. The summed E-state index contributed by atoms with van der Waals surface area (Å²) in [6.45, 7) is 4.93. The number of nitrogens with zero attached hydrogens (tertiary/aromatic N) is 1. The van der Waals surface area contributed by atoms with Gasteiger partial charge in [-0.2, -0.15) is 0 Å². The third-order valence-corrected chi connectivity index (χ3v) is 4.82. The van der Waals surface area contributed by atoms with Crippen molar-refractivity contribution in [1.82, 2.24) is 0 Å². The van der Waals surface area contributed by atoms with E-state index in [0.717, 1.165) is 6.42 Å². The molecule has 1 unspecified atom stereocenters. The average Bonchev–Trinajstić information content (AvgIpc) is 2.89. The van der Waals surface area contributed by atoms with Crippen LogP contribution in [0, 0.1) is 6.92 Å². The van der Waals surface area contributed by atoms with Gasteiger partial charge in [0, 0.05) is 29.0 Å². The van der Waals surface area contributed by atoms with Crippen LogP contribution >= 0.6 is 11.3 Å². The highest BCUT2D eigenvalue weighted by molar-refractivity contribution is 7.12. The van der Waals surface area contributed by atoms with E-state index in [4.69, 9.17) is 5.73 Å². The molecule has 2 aromatic rings. The fraction of sp³-hybridized carbons (Fsp3) is 0.375. The van der Waals surface area contributed by atoms with E-state index in [1.165, 1.54) is 21.0 Å². The highest BCUT2D eigenvalue weighted by Crippen LogP contribution is 2.30. The lowest BCUT2D eigenvalue weighted by Gasteiger charge is -2.28. The van der Waals surface area contributed by atoms with Crippen molar-refractivity contribution in [2.45, 2.75) is 26.3 Å². The lowest BCUT2D eigenvalue weighted by atomic mass is 10.1. The second kappa shape index (κ2) is 6.22. The number of hydrogen-bond acceptors (Lipinski definition) is 3. The van der Waals surface area contributed by atoms with Crippen molar-refractivity contribution < 1.29 is 0 Å². The first kappa shape index (κ1) is 14.1. The van der Waals surface area contributed by atoms with Gasteiger partial charge in [-0.3, -0.25) is 0 Å². The number of thiophene rings is 1. The molecule has 0 saturated heterocycles. The van der Waals surface area contributed by atoms with Crippen LogP contribution in [0.5, 0.6) is 0 Å². The van der Waals surface area contributed by atoms with E-state index >= 15 is 0 Å². The average molecular weight is 274 g/mol. The Morgan fingerprint density at radius 1 is 1.16 bits per heavy atom. The Balaban J connectivity index is 2.23. The number of hydrogen-bond donors (Lipinski definition) is 1. The molecule has 0 aliphatic carbocycles. The van der Waals surface area contributed by atoms with Crippen molar-refractivity contribution in [3.8, 4) is 0 Å². The van der Waals surface area contributed by atoms with Crippen LogP contribution in [0.25, 0.3) is 0 Å². The summed E-state index contributed by atoms with van der Waals surface area (Å²) in [6, 6.07) is 13.3. The number of nitrogens with two attached hydrogens (primary N) is 1. The standard InChI is InChI=1S/C16H22N2S/c1-4-14-9-10-16(19-14)15(11-17)18(3)13-7-5-12(2)6-8-13/h5-10,15H,4,11,17H2,1-3H3. The van der Waals surface area contributed by atoms with Crippen LogP contribution in [0.3, 0.4) is 0 Å². The Kier molecular flexibility index (Phi) is 4.61. The lowest BCUT2D eigenvalue weighted by molar-refractivity contribution is 0.692. The predicted octanol–water partition coefficient (Wildman–Crippen LogP) is 3.76. The Hall–Kier alpha value is -1.32. The maximum Gasteiger partial charge on any atom is 0.0753 e. The molecule has 19 heavy (non-hydrogen) atoms. The second-order valence-electron chi connectivity index (χ2n) is 4.86. The molecule has 0 amide bonds. The van der Waals surface area contributed by atoms with Gasteiger partial charge < -0.3 is 10.6 Å². The minimum atomic E-state index is 0.257. The zero-order chi connectivity index (χ0) is 13.8. The molecular weight excluding hydrogens is 252 g/mol. The fourth-order valence-corrected chi connectivity index (χ4v) is 3.30. The van der Waals surface area contributed by atoms with Crippen LogP contribution in [-0.2, 0) is 6.42 Å². The number of aryl methyl sites for hydroxylation is 2. The van der Waals surface area contributed by atoms with Gasteiger partial charge >= 0.3 is 0 Å². The molecular formula is C16H22N2S. The van der Waals surface area contributed by atoms with Crippen molar-refractivity contribution >= 4 is 17.0 Å². The molecule has 2 rings (SSSR count). The quantitative estimate of drug-likeness (QED) is 0.899. The molecule has 1 atom stereocenters. The Labute approximate surface area is 119 Å². The Bertz CT molecular complexity index is 516. The van der Waals surface area contributed by atoms with Crippen LogP contribution in [-0.4, -0.2) is 13.6 Å². The first-order chi connectivity index (χ1) is 9.15. The van der Waals surface area contributed by atoms with E-state index in [2.05, 4.69) is 62.2 Å². The van der Waals surface area contributed by atoms with Gasteiger partial charge in [-0.15, -0.1) is 11.3 Å². The van der Waals surface area contributed by atoms with Gasteiger partial charge in [0.15, 0.2) is 0 Å². The van der Waals surface area contributed by atoms with Crippen LogP contribution in [0.2, 0.25) is 0 Å². The molecule has 0 aliphatic rings. The van der Waals surface area contributed by atoms with Gasteiger partial charge in [-0.05, 0) is 37.6 Å². The van der Waals surface area contributed by atoms with E-state index in [9.17, 15) is 0 Å². The predicted molar refractivity (Wildman–Crippen MR) is 85.1 cm³/mol. The van der Waals surface area contributed by atoms with Crippen molar-refractivity contribution in [3.63, 3.8) is 0 Å². The minimum Gasteiger partial charge on any atom is -0.365 e. The van der Waals surface area contributed by atoms with E-state index in [1.54, 1.807) is 0 Å². The number of anilines is 1. The van der Waals surface area contributed by atoms with E-state index in [1.807, 2.05) is 11.3 Å². The summed E-state index contributed by atoms with van der Waals surface area (Å²) in [6.07, 6.45) is 1.09. The van der Waals surface area contributed by atoms with Crippen molar-refractivity contribution in [2.75, 3.05) is 18.5 Å². The summed E-state index contributed by atoms with van der Waals surface area (Å²) in [5, 5.41) is 0. The van der Waals surface area contributed by atoms with Gasteiger partial charge in [0.1, 0.15) is 0 Å². The van der Waals surface area contributed by atoms with Crippen LogP contribution in [0.1, 0.15) is 28.3 Å². The fourth-order valence-electron chi connectivity index (χ4n) is 2.19. The molecule has 0 fully saturated rings. The summed E-state index contributed by atoms with van der Waals surface area (Å²) in [7, 11) is 2.12. The third-order valence-electron chi connectivity index (χ3n) is 3.49. The highest BCUT2D eigenvalue weighted by atomic mass is 32.1. The molecule has 0 spiro atoms. The molecule has 1 aromatic heterocycles. The maximum atomic E-state index is 5.99. The monoisotopic (exact) mass is 274 g/mol. The van der Waals surface area contributed by atoms with Gasteiger partial charge in [0.25, 0.3) is 0 Å². The lowest BCUT2D eigenvalue weighted by Crippen LogP contribution is -2.29. The van der Waals surface area contributed by atoms with Crippen LogP contribution in [0.15, 0.2) is 36.4 Å². The van der Waals surface area contributed by atoms with Gasteiger partial charge in [-0.25, -0.2) is 0 Å². The van der Waals surface area contributed by atoms with Gasteiger partial charge in [0.05, 0.1) is 6.04 Å². The molecule has 2 nitrogen and oxygen atoms in total. The number of likely N-dealkylation sites (N-methyl/N-ethyl adjacent to an activating group) is 1. The van der Waals surface area contributed by atoms with Gasteiger partial charge in [0.2, 0.25) is 0 Å². The number of rotatable bonds is 5. The zero-order valence-electron chi connectivity index (χ0n) is 11.9. The van der Waals surface area contributed by atoms with E-state index in [0.29, 0.717) is 6.54 Å². The first-order valence-electron chi connectivity index (χ1n) is 6.74. The topological polar surface area (TPSA) is 29.3 Å². The summed E-state index contributed by atoms with van der Waals surface area (Å²) >= 11 is 1.87.